The number of fused-ring (bicyclic) bond motifs is 1. The van der Waals surface area contributed by atoms with Gasteiger partial charge < -0.3 is 19.3 Å². The van der Waals surface area contributed by atoms with Crippen molar-refractivity contribution in [1.29, 1.82) is 0 Å². The number of amides is 1. The van der Waals surface area contributed by atoms with Crippen LogP contribution >= 0.6 is 0 Å². The molecule has 2 saturated heterocycles. The minimum atomic E-state index is -0.0248. The molecule has 1 amide bonds. The Morgan fingerprint density at radius 2 is 1.86 bits per heavy atom. The van der Waals surface area contributed by atoms with E-state index in [1.807, 2.05) is 24.3 Å². The van der Waals surface area contributed by atoms with Crippen LogP contribution in [0.4, 0.5) is 0 Å². The minimum Gasteiger partial charge on any atom is -0.494 e. The van der Waals surface area contributed by atoms with Crippen molar-refractivity contribution in [2.45, 2.75) is 25.7 Å². The van der Waals surface area contributed by atoms with E-state index in [1.165, 1.54) is 32.4 Å². The molecule has 4 rings (SSSR count). The summed E-state index contributed by atoms with van der Waals surface area (Å²) in [5.41, 5.74) is 1.31. The smallest absolute Gasteiger partial charge is 0.272 e. The highest BCUT2D eigenvalue weighted by Crippen LogP contribution is 2.21. The Bertz CT molecular complexity index is 799. The molecule has 0 radical (unpaired) electrons. The Morgan fingerprint density at radius 1 is 1.04 bits per heavy atom. The van der Waals surface area contributed by atoms with E-state index in [0.717, 1.165) is 36.2 Å². The van der Waals surface area contributed by atoms with Gasteiger partial charge in [0.1, 0.15) is 11.4 Å². The van der Waals surface area contributed by atoms with Crippen LogP contribution in [0.5, 0.6) is 5.75 Å². The maximum Gasteiger partial charge on any atom is 0.272 e. The van der Waals surface area contributed by atoms with Crippen LogP contribution in [0.3, 0.4) is 0 Å². The van der Waals surface area contributed by atoms with Gasteiger partial charge in [-0.3, -0.25) is 4.79 Å². The van der Waals surface area contributed by atoms with Crippen molar-refractivity contribution in [3.8, 4) is 5.75 Å². The zero-order chi connectivity index (χ0) is 19.2. The SMILES string of the molecule is O=C(c1ccc2cc(OCCCN3CCCCC3)ccc2n1)N1CCOCC1. The number of likely N-dealkylation sites (tertiary alicyclic amines) is 1. The molecule has 6 nitrogen and oxygen atoms in total. The second-order valence-electron chi connectivity index (χ2n) is 7.56. The lowest BCUT2D eigenvalue weighted by molar-refractivity contribution is 0.0299. The van der Waals surface area contributed by atoms with Gasteiger partial charge in [-0.2, -0.15) is 0 Å². The Morgan fingerprint density at radius 3 is 2.68 bits per heavy atom. The fraction of sp³-hybridized carbons (Fsp3) is 0.545. The van der Waals surface area contributed by atoms with Gasteiger partial charge >= 0.3 is 0 Å². The van der Waals surface area contributed by atoms with Gasteiger partial charge in [0.2, 0.25) is 0 Å². The highest BCUT2D eigenvalue weighted by molar-refractivity contribution is 5.95. The van der Waals surface area contributed by atoms with Crippen LogP contribution in [0, 0.1) is 0 Å². The van der Waals surface area contributed by atoms with E-state index in [-0.39, 0.29) is 5.91 Å². The van der Waals surface area contributed by atoms with E-state index in [1.54, 1.807) is 11.0 Å². The molecule has 0 saturated carbocycles. The fourth-order valence-electron chi connectivity index (χ4n) is 3.90. The second kappa shape index (κ2) is 9.34. The number of carbonyl (C=O) groups is 1. The summed E-state index contributed by atoms with van der Waals surface area (Å²) in [6.07, 6.45) is 5.07. The van der Waals surface area contributed by atoms with Gasteiger partial charge in [-0.1, -0.05) is 12.5 Å². The van der Waals surface area contributed by atoms with Gasteiger partial charge in [0.15, 0.2) is 0 Å². The number of ether oxygens (including phenoxy) is 2. The minimum absolute atomic E-state index is 0.0248. The summed E-state index contributed by atoms with van der Waals surface area (Å²) in [4.78, 5) is 21.5. The number of piperidine rings is 1. The molecule has 3 heterocycles. The predicted molar refractivity (Wildman–Crippen MR) is 109 cm³/mol. The number of morpholine rings is 1. The lowest BCUT2D eigenvalue weighted by Gasteiger charge is -2.26. The van der Waals surface area contributed by atoms with Crippen LogP contribution in [0.2, 0.25) is 0 Å². The van der Waals surface area contributed by atoms with E-state index in [0.29, 0.717) is 32.0 Å². The molecule has 0 spiro atoms. The number of aromatic nitrogens is 1. The Kier molecular flexibility index (Phi) is 6.39. The van der Waals surface area contributed by atoms with E-state index in [2.05, 4.69) is 9.88 Å². The maximum atomic E-state index is 12.6. The molecule has 0 N–H and O–H groups in total. The summed E-state index contributed by atoms with van der Waals surface area (Å²) in [5, 5.41) is 0.993. The Hall–Kier alpha value is -2.18. The molecular weight excluding hydrogens is 354 g/mol. The molecule has 0 atom stereocenters. The number of rotatable bonds is 6. The molecule has 0 unspecified atom stereocenters. The number of pyridine rings is 1. The number of hydrogen-bond acceptors (Lipinski definition) is 5. The van der Waals surface area contributed by atoms with Gasteiger partial charge in [0.25, 0.3) is 5.91 Å². The summed E-state index contributed by atoms with van der Waals surface area (Å²) in [7, 11) is 0. The number of nitrogens with zero attached hydrogens (tertiary/aromatic N) is 3. The highest BCUT2D eigenvalue weighted by Gasteiger charge is 2.19. The van der Waals surface area contributed by atoms with Crippen LogP contribution in [0.1, 0.15) is 36.2 Å². The normalized spacial score (nSPS) is 18.4. The molecule has 0 bridgehead atoms. The molecule has 150 valence electrons. The molecule has 0 aliphatic carbocycles. The summed E-state index contributed by atoms with van der Waals surface area (Å²) >= 11 is 0. The molecule has 6 heteroatoms. The zero-order valence-electron chi connectivity index (χ0n) is 16.4. The summed E-state index contributed by atoms with van der Waals surface area (Å²) in [5.74, 6) is 0.837. The van der Waals surface area contributed by atoms with Gasteiger partial charge in [0.05, 0.1) is 25.3 Å². The van der Waals surface area contributed by atoms with Crippen LogP contribution in [0.25, 0.3) is 10.9 Å². The summed E-state index contributed by atoms with van der Waals surface area (Å²) < 4.78 is 11.2. The fourth-order valence-corrected chi connectivity index (χ4v) is 3.90. The van der Waals surface area contributed by atoms with Crippen molar-refractivity contribution >= 4 is 16.8 Å². The third kappa shape index (κ3) is 4.80. The van der Waals surface area contributed by atoms with Crippen LogP contribution < -0.4 is 4.74 Å². The van der Waals surface area contributed by atoms with E-state index < -0.39 is 0 Å². The largest absolute Gasteiger partial charge is 0.494 e. The number of hydrogen-bond donors (Lipinski definition) is 0. The molecule has 28 heavy (non-hydrogen) atoms. The first-order valence-electron chi connectivity index (χ1n) is 10.4. The molecule has 1 aromatic heterocycles. The number of benzene rings is 1. The van der Waals surface area contributed by atoms with Crippen molar-refractivity contribution in [3.63, 3.8) is 0 Å². The van der Waals surface area contributed by atoms with E-state index >= 15 is 0 Å². The Labute approximate surface area is 166 Å². The first kappa shape index (κ1) is 19.2. The second-order valence-corrected chi connectivity index (χ2v) is 7.56. The average Bonchev–Trinajstić information content (AvgIpc) is 2.77. The monoisotopic (exact) mass is 383 g/mol. The summed E-state index contributed by atoms with van der Waals surface area (Å²) in [6.45, 7) is 6.74. The lowest BCUT2D eigenvalue weighted by Crippen LogP contribution is -2.41. The first-order valence-corrected chi connectivity index (χ1v) is 10.4. The van der Waals surface area contributed by atoms with Crippen LogP contribution in [0.15, 0.2) is 30.3 Å². The Balaban J connectivity index is 1.33. The molecule has 2 aliphatic rings. The third-order valence-electron chi connectivity index (χ3n) is 5.51. The summed E-state index contributed by atoms with van der Waals surface area (Å²) in [6, 6.07) is 9.65. The molecule has 2 aliphatic heterocycles. The van der Waals surface area contributed by atoms with Crippen molar-refractivity contribution in [1.82, 2.24) is 14.8 Å². The van der Waals surface area contributed by atoms with Gasteiger partial charge in [-0.25, -0.2) is 4.98 Å². The van der Waals surface area contributed by atoms with E-state index in [9.17, 15) is 4.79 Å². The molecule has 1 aromatic carbocycles. The topological polar surface area (TPSA) is 54.9 Å². The van der Waals surface area contributed by atoms with Gasteiger partial charge in [-0.15, -0.1) is 0 Å². The lowest BCUT2D eigenvalue weighted by atomic mass is 10.1. The molecular formula is C22H29N3O3. The third-order valence-corrected chi connectivity index (χ3v) is 5.51. The van der Waals surface area contributed by atoms with Crippen molar-refractivity contribution in [2.75, 3.05) is 52.5 Å². The quantitative estimate of drug-likeness (QED) is 0.718. The number of carbonyl (C=O) groups excluding carboxylic acids is 1. The van der Waals surface area contributed by atoms with Crippen LogP contribution in [-0.4, -0.2) is 73.2 Å². The van der Waals surface area contributed by atoms with E-state index in [4.69, 9.17) is 9.47 Å². The molecule has 2 aromatic rings. The predicted octanol–water partition coefficient (Wildman–Crippen LogP) is 2.96. The average molecular weight is 383 g/mol. The molecule has 2 fully saturated rings. The standard InChI is InChI=1S/C22H29N3O3/c26-22(25-12-15-27-16-13-25)21-7-5-18-17-19(6-8-20(18)23-21)28-14-4-11-24-9-2-1-3-10-24/h5-8,17H,1-4,9-16H2. The zero-order valence-corrected chi connectivity index (χ0v) is 16.4. The van der Waals surface area contributed by atoms with Gasteiger partial charge in [0, 0.05) is 25.0 Å². The van der Waals surface area contributed by atoms with Crippen molar-refractivity contribution < 1.29 is 14.3 Å². The maximum absolute atomic E-state index is 12.6. The van der Waals surface area contributed by atoms with Crippen molar-refractivity contribution in [2.24, 2.45) is 0 Å². The first-order chi connectivity index (χ1) is 13.8. The van der Waals surface area contributed by atoms with Gasteiger partial charge in [-0.05, 0) is 56.6 Å². The van der Waals surface area contributed by atoms with Crippen LogP contribution in [-0.2, 0) is 4.74 Å². The highest BCUT2D eigenvalue weighted by atomic mass is 16.5. The van der Waals surface area contributed by atoms with Crippen molar-refractivity contribution in [3.05, 3.63) is 36.0 Å².